The summed E-state index contributed by atoms with van der Waals surface area (Å²) in [5.74, 6) is -0.750. The first-order chi connectivity index (χ1) is 15.3. The van der Waals surface area contributed by atoms with E-state index in [-0.39, 0.29) is 24.7 Å². The highest BCUT2D eigenvalue weighted by molar-refractivity contribution is 5.93. The summed E-state index contributed by atoms with van der Waals surface area (Å²) < 4.78 is 29.7. The normalized spacial score (nSPS) is 19.3. The first kappa shape index (κ1) is 20.1. The Morgan fingerprint density at radius 2 is 2.09 bits per heavy atom. The molecule has 1 unspecified atom stereocenters. The number of rotatable bonds is 3. The van der Waals surface area contributed by atoms with Crippen molar-refractivity contribution in [2.45, 2.75) is 18.7 Å². The van der Waals surface area contributed by atoms with Gasteiger partial charge in [0.05, 0.1) is 24.9 Å². The first-order valence-corrected chi connectivity index (χ1v) is 9.87. The van der Waals surface area contributed by atoms with Crippen molar-refractivity contribution in [1.29, 1.82) is 0 Å². The van der Waals surface area contributed by atoms with Gasteiger partial charge in [-0.15, -0.1) is 0 Å². The number of aliphatic hydroxyl groups is 1. The standard InChI is InChI=1S/C21H19F2N7O2/c1-21(32)11-28(12-21)20(31)26-16-10-25-30-8-5-17(27-19(16)30)29-7-2-6-24-18(29)14-9-13(22)3-4-15(14)23/h2-10,18,32H,11-12H2,1H3,(H,26,31). The minimum atomic E-state index is -0.883. The van der Waals surface area contributed by atoms with Gasteiger partial charge in [-0.25, -0.2) is 23.1 Å². The molecule has 1 aromatic carbocycles. The Kier molecular flexibility index (Phi) is 4.63. The number of benzene rings is 1. The molecular weight excluding hydrogens is 420 g/mol. The fraction of sp³-hybridized carbons (Fsp3) is 0.238. The molecular formula is C21H19F2N7O2. The van der Waals surface area contributed by atoms with Crippen LogP contribution in [0.4, 0.5) is 25.1 Å². The van der Waals surface area contributed by atoms with Gasteiger partial charge in [0.15, 0.2) is 11.8 Å². The average molecular weight is 439 g/mol. The summed E-state index contributed by atoms with van der Waals surface area (Å²) in [7, 11) is 0. The fourth-order valence-electron chi connectivity index (χ4n) is 3.77. The lowest BCUT2D eigenvalue weighted by Gasteiger charge is -2.43. The number of aliphatic imine (C=N–C) groups is 1. The van der Waals surface area contributed by atoms with Gasteiger partial charge >= 0.3 is 6.03 Å². The quantitative estimate of drug-likeness (QED) is 0.654. The highest BCUT2D eigenvalue weighted by Gasteiger charge is 2.39. The van der Waals surface area contributed by atoms with E-state index in [2.05, 4.69) is 20.4 Å². The number of fused-ring (bicyclic) bond motifs is 1. The second-order valence-electron chi connectivity index (χ2n) is 7.98. The van der Waals surface area contributed by atoms with Gasteiger partial charge in [-0.05, 0) is 37.3 Å². The lowest BCUT2D eigenvalue weighted by atomic mass is 9.98. The predicted molar refractivity (Wildman–Crippen MR) is 113 cm³/mol. The topological polar surface area (TPSA) is 98.4 Å². The highest BCUT2D eigenvalue weighted by Crippen LogP contribution is 2.32. The zero-order chi connectivity index (χ0) is 22.5. The van der Waals surface area contributed by atoms with Crippen LogP contribution in [0, 0.1) is 11.6 Å². The molecule has 1 saturated heterocycles. The van der Waals surface area contributed by atoms with Crippen molar-refractivity contribution >= 4 is 29.4 Å². The summed E-state index contributed by atoms with van der Waals surface area (Å²) in [6.45, 7) is 2.12. The third-order valence-electron chi connectivity index (χ3n) is 5.27. The molecule has 9 nitrogen and oxygen atoms in total. The van der Waals surface area contributed by atoms with Crippen LogP contribution in [0.2, 0.25) is 0 Å². The van der Waals surface area contributed by atoms with Gasteiger partial charge in [-0.3, -0.25) is 4.99 Å². The molecule has 0 aliphatic carbocycles. The van der Waals surface area contributed by atoms with E-state index in [1.165, 1.54) is 21.8 Å². The van der Waals surface area contributed by atoms with E-state index in [0.717, 1.165) is 18.2 Å². The predicted octanol–water partition coefficient (Wildman–Crippen LogP) is 2.71. The molecule has 1 atom stereocenters. The molecule has 2 N–H and O–H groups in total. The number of allylic oxidation sites excluding steroid dienone is 1. The lowest BCUT2D eigenvalue weighted by Crippen LogP contribution is -2.62. The molecule has 3 aromatic rings. The number of halogens is 2. The van der Waals surface area contributed by atoms with Gasteiger partial charge in [0, 0.05) is 24.2 Å². The van der Waals surface area contributed by atoms with Gasteiger partial charge in [-0.1, -0.05) is 0 Å². The Hall–Kier alpha value is -3.86. The monoisotopic (exact) mass is 439 g/mol. The largest absolute Gasteiger partial charge is 0.386 e. The zero-order valence-corrected chi connectivity index (χ0v) is 17.0. The number of anilines is 2. The number of nitrogens with one attached hydrogen (secondary N) is 1. The molecule has 4 heterocycles. The maximum atomic E-state index is 14.4. The SMILES string of the molecule is CC1(O)CN(C(=O)Nc2cnn3ccc(N4C=CC=NC4c4cc(F)ccc4F)nc23)C1. The summed E-state index contributed by atoms with van der Waals surface area (Å²) in [5.41, 5.74) is -0.0725. The Bertz CT molecular complexity index is 1260. The number of urea groups is 1. The third-order valence-corrected chi connectivity index (χ3v) is 5.27. The molecule has 164 valence electrons. The van der Waals surface area contributed by atoms with Gasteiger partial charge in [0.25, 0.3) is 0 Å². The second-order valence-corrected chi connectivity index (χ2v) is 7.98. The number of β-amino-alcohol motifs (C(OH)–C–C–N with tert-alkyl or cyclic N) is 1. The van der Waals surface area contributed by atoms with E-state index in [0.29, 0.717) is 17.2 Å². The van der Waals surface area contributed by atoms with E-state index in [4.69, 9.17) is 0 Å². The van der Waals surface area contributed by atoms with Crippen LogP contribution >= 0.6 is 0 Å². The zero-order valence-electron chi connectivity index (χ0n) is 17.0. The van der Waals surface area contributed by atoms with Crippen LogP contribution < -0.4 is 10.2 Å². The summed E-state index contributed by atoms with van der Waals surface area (Å²) in [6, 6.07) is 4.50. The van der Waals surface area contributed by atoms with Crippen LogP contribution in [-0.2, 0) is 0 Å². The fourth-order valence-corrected chi connectivity index (χ4v) is 3.77. The van der Waals surface area contributed by atoms with E-state index in [1.54, 1.807) is 36.4 Å². The van der Waals surface area contributed by atoms with Gasteiger partial charge in [0.1, 0.15) is 23.1 Å². The average Bonchev–Trinajstić information content (AvgIpc) is 3.15. The Morgan fingerprint density at radius 3 is 2.88 bits per heavy atom. The molecule has 11 heteroatoms. The molecule has 0 radical (unpaired) electrons. The molecule has 0 spiro atoms. The minimum absolute atomic E-state index is 0.0687. The highest BCUT2D eigenvalue weighted by atomic mass is 19.1. The smallest absolute Gasteiger partial charge is 0.322 e. The number of amides is 2. The van der Waals surface area contributed by atoms with Crippen molar-refractivity contribution < 1.29 is 18.7 Å². The minimum Gasteiger partial charge on any atom is -0.386 e. The van der Waals surface area contributed by atoms with Crippen LogP contribution in [-0.4, -0.2) is 55.5 Å². The number of carbonyl (C=O) groups is 1. The van der Waals surface area contributed by atoms with Gasteiger partial charge < -0.3 is 20.2 Å². The number of hydrogen-bond acceptors (Lipinski definition) is 6. The number of nitrogens with zero attached hydrogens (tertiary/aromatic N) is 6. The van der Waals surface area contributed by atoms with Crippen molar-refractivity contribution in [3.63, 3.8) is 0 Å². The molecule has 2 aliphatic heterocycles. The van der Waals surface area contributed by atoms with Crippen molar-refractivity contribution in [2.75, 3.05) is 23.3 Å². The second kappa shape index (κ2) is 7.38. The molecule has 2 aliphatic rings. The molecule has 2 aromatic heterocycles. The molecule has 5 rings (SSSR count). The maximum absolute atomic E-state index is 14.4. The summed E-state index contributed by atoms with van der Waals surface area (Å²) in [4.78, 5) is 24.4. The molecule has 0 saturated carbocycles. The van der Waals surface area contributed by atoms with Crippen LogP contribution in [0.3, 0.4) is 0 Å². The van der Waals surface area contributed by atoms with Crippen molar-refractivity contribution in [2.24, 2.45) is 4.99 Å². The molecule has 2 amide bonds. The molecule has 0 bridgehead atoms. The van der Waals surface area contributed by atoms with E-state index < -0.39 is 23.4 Å². The van der Waals surface area contributed by atoms with Crippen LogP contribution in [0.1, 0.15) is 18.7 Å². The van der Waals surface area contributed by atoms with Gasteiger partial charge in [-0.2, -0.15) is 5.10 Å². The molecule has 1 fully saturated rings. The number of likely N-dealkylation sites (tertiary alicyclic amines) is 1. The summed E-state index contributed by atoms with van der Waals surface area (Å²) in [6.07, 6.45) is 7.10. The Labute approximate surface area is 181 Å². The Morgan fingerprint density at radius 1 is 1.28 bits per heavy atom. The Balaban J connectivity index is 1.45. The number of aromatic nitrogens is 3. The summed E-state index contributed by atoms with van der Waals surface area (Å²) >= 11 is 0. The van der Waals surface area contributed by atoms with Crippen LogP contribution in [0.15, 0.2) is 53.9 Å². The van der Waals surface area contributed by atoms with Crippen molar-refractivity contribution in [3.05, 3.63) is 66.1 Å². The van der Waals surface area contributed by atoms with Crippen molar-refractivity contribution in [1.82, 2.24) is 19.5 Å². The van der Waals surface area contributed by atoms with Crippen LogP contribution in [0.25, 0.3) is 5.65 Å². The molecule has 32 heavy (non-hydrogen) atoms. The van der Waals surface area contributed by atoms with Gasteiger partial charge in [0.2, 0.25) is 0 Å². The number of carbonyl (C=O) groups excluding carboxylic acids is 1. The summed E-state index contributed by atoms with van der Waals surface area (Å²) in [5, 5.41) is 16.8. The van der Waals surface area contributed by atoms with E-state index in [9.17, 15) is 18.7 Å². The van der Waals surface area contributed by atoms with Crippen LogP contribution in [0.5, 0.6) is 0 Å². The lowest BCUT2D eigenvalue weighted by molar-refractivity contribution is -0.0581. The first-order valence-electron chi connectivity index (χ1n) is 9.87. The third kappa shape index (κ3) is 3.56. The number of hydrogen-bond donors (Lipinski definition) is 2. The van der Waals surface area contributed by atoms with E-state index in [1.807, 2.05) is 0 Å². The van der Waals surface area contributed by atoms with E-state index >= 15 is 0 Å². The maximum Gasteiger partial charge on any atom is 0.322 e. The van der Waals surface area contributed by atoms with Crippen molar-refractivity contribution in [3.8, 4) is 0 Å².